The number of carbonyl (C=O) groups is 4. The zero-order chi connectivity index (χ0) is 21.4. The van der Waals surface area contributed by atoms with Crippen LogP contribution in [0.25, 0.3) is 0 Å². The van der Waals surface area contributed by atoms with Gasteiger partial charge in [-0.3, -0.25) is 19.3 Å². The number of ether oxygens (including phenoxy) is 1. The van der Waals surface area contributed by atoms with Crippen LogP contribution in [0.5, 0.6) is 0 Å². The molecule has 8 heteroatoms. The third-order valence-electron chi connectivity index (χ3n) is 5.38. The number of nitrogens with zero attached hydrogens (tertiary/aromatic N) is 1. The Bertz CT molecular complexity index is 839. The van der Waals surface area contributed by atoms with Gasteiger partial charge in [0.2, 0.25) is 0 Å². The fourth-order valence-corrected chi connectivity index (χ4v) is 3.37. The molecule has 0 aromatic heterocycles. The predicted molar refractivity (Wildman–Crippen MR) is 106 cm³/mol. The number of anilines is 1. The lowest BCUT2D eigenvalue weighted by molar-refractivity contribution is -0.150. The summed E-state index contributed by atoms with van der Waals surface area (Å²) >= 11 is 0. The molecule has 1 aromatic rings. The quantitative estimate of drug-likeness (QED) is 0.562. The number of nitrogens with one attached hydrogen (secondary N) is 2. The second kappa shape index (κ2) is 7.50. The van der Waals surface area contributed by atoms with Gasteiger partial charge < -0.3 is 15.4 Å². The van der Waals surface area contributed by atoms with E-state index in [1.807, 2.05) is 12.1 Å². The number of hydrogen-bond acceptors (Lipinski definition) is 5. The molecule has 1 heterocycles. The van der Waals surface area contributed by atoms with Gasteiger partial charge in [0.15, 0.2) is 6.61 Å². The highest BCUT2D eigenvalue weighted by atomic mass is 16.5. The van der Waals surface area contributed by atoms with E-state index in [4.69, 9.17) is 4.74 Å². The van der Waals surface area contributed by atoms with Gasteiger partial charge in [-0.05, 0) is 48.8 Å². The van der Waals surface area contributed by atoms with Crippen LogP contribution in [0.2, 0.25) is 0 Å². The number of amides is 4. The van der Waals surface area contributed by atoms with Crippen LogP contribution in [0, 0.1) is 5.92 Å². The average molecular weight is 401 g/mol. The highest BCUT2D eigenvalue weighted by Gasteiger charge is 2.56. The minimum Gasteiger partial charge on any atom is -0.454 e. The molecule has 2 fully saturated rings. The van der Waals surface area contributed by atoms with Crippen LogP contribution in [-0.2, 0) is 24.5 Å². The van der Waals surface area contributed by atoms with Crippen molar-refractivity contribution in [2.75, 3.05) is 18.5 Å². The molecule has 1 atom stereocenters. The van der Waals surface area contributed by atoms with Crippen molar-refractivity contribution in [3.05, 3.63) is 29.8 Å². The van der Waals surface area contributed by atoms with Gasteiger partial charge in [-0.2, -0.15) is 0 Å². The zero-order valence-corrected chi connectivity index (χ0v) is 17.2. The molecular formula is C21H27N3O5. The maximum absolute atomic E-state index is 12.5. The van der Waals surface area contributed by atoms with Gasteiger partial charge >= 0.3 is 12.0 Å². The first-order chi connectivity index (χ1) is 13.5. The molecule has 4 amide bonds. The molecule has 1 saturated carbocycles. The van der Waals surface area contributed by atoms with Crippen molar-refractivity contribution >= 4 is 29.5 Å². The summed E-state index contributed by atoms with van der Waals surface area (Å²) in [6.07, 6.45) is 1.75. The largest absolute Gasteiger partial charge is 0.454 e. The van der Waals surface area contributed by atoms with E-state index in [1.165, 1.54) is 0 Å². The number of imide groups is 1. The van der Waals surface area contributed by atoms with E-state index in [0.29, 0.717) is 5.69 Å². The molecule has 3 rings (SSSR count). The Hall–Kier alpha value is -2.90. The molecule has 1 aromatic carbocycles. The first-order valence-corrected chi connectivity index (χ1v) is 9.71. The lowest BCUT2D eigenvalue weighted by atomic mass is 9.87. The van der Waals surface area contributed by atoms with Crippen LogP contribution in [-0.4, -0.2) is 47.4 Å². The Labute approximate surface area is 170 Å². The summed E-state index contributed by atoms with van der Waals surface area (Å²) in [5.41, 5.74) is 0.781. The van der Waals surface area contributed by atoms with Crippen LogP contribution in [0.3, 0.4) is 0 Å². The normalized spacial score (nSPS) is 21.7. The summed E-state index contributed by atoms with van der Waals surface area (Å²) < 4.78 is 4.93. The first-order valence-electron chi connectivity index (χ1n) is 9.71. The molecule has 1 saturated heterocycles. The molecule has 29 heavy (non-hydrogen) atoms. The van der Waals surface area contributed by atoms with Gasteiger partial charge in [-0.1, -0.05) is 32.9 Å². The predicted octanol–water partition coefficient (Wildman–Crippen LogP) is 2.19. The van der Waals surface area contributed by atoms with Crippen molar-refractivity contribution in [3.63, 3.8) is 0 Å². The molecule has 1 aliphatic heterocycles. The Kier molecular flexibility index (Phi) is 5.38. The summed E-state index contributed by atoms with van der Waals surface area (Å²) in [5, 5.41) is 5.31. The molecule has 2 aliphatic rings. The van der Waals surface area contributed by atoms with Crippen LogP contribution in [0.1, 0.15) is 46.1 Å². The van der Waals surface area contributed by atoms with E-state index >= 15 is 0 Å². The highest BCUT2D eigenvalue weighted by molar-refractivity contribution is 6.09. The van der Waals surface area contributed by atoms with Gasteiger partial charge in [-0.15, -0.1) is 0 Å². The third-order valence-corrected chi connectivity index (χ3v) is 5.38. The van der Waals surface area contributed by atoms with Gasteiger partial charge in [0, 0.05) is 5.69 Å². The number of hydrogen-bond donors (Lipinski definition) is 2. The van der Waals surface area contributed by atoms with Gasteiger partial charge in [0.1, 0.15) is 12.1 Å². The summed E-state index contributed by atoms with van der Waals surface area (Å²) in [4.78, 5) is 49.4. The van der Waals surface area contributed by atoms with Crippen molar-refractivity contribution in [1.29, 1.82) is 0 Å². The van der Waals surface area contributed by atoms with Crippen molar-refractivity contribution in [2.45, 2.75) is 51.5 Å². The molecule has 0 spiro atoms. The molecule has 0 unspecified atom stereocenters. The number of rotatable bonds is 6. The van der Waals surface area contributed by atoms with Crippen molar-refractivity contribution < 1.29 is 23.9 Å². The van der Waals surface area contributed by atoms with E-state index in [1.54, 1.807) is 19.1 Å². The Morgan fingerprint density at radius 3 is 2.38 bits per heavy atom. The Balaban J connectivity index is 1.47. The number of carbonyl (C=O) groups excluding carboxylic acids is 4. The molecule has 2 N–H and O–H groups in total. The molecule has 1 aliphatic carbocycles. The van der Waals surface area contributed by atoms with E-state index in [2.05, 4.69) is 31.4 Å². The summed E-state index contributed by atoms with van der Waals surface area (Å²) in [7, 11) is 0. The Morgan fingerprint density at radius 2 is 1.83 bits per heavy atom. The topological polar surface area (TPSA) is 105 Å². The second-order valence-corrected chi connectivity index (χ2v) is 8.83. The smallest absolute Gasteiger partial charge is 0.326 e. The fraction of sp³-hybridized carbons (Fsp3) is 0.524. The first kappa shape index (κ1) is 20.8. The highest BCUT2D eigenvalue weighted by Crippen LogP contribution is 2.42. The maximum atomic E-state index is 12.5. The average Bonchev–Trinajstić information content (AvgIpc) is 3.46. The monoisotopic (exact) mass is 401 g/mol. The maximum Gasteiger partial charge on any atom is 0.326 e. The van der Waals surface area contributed by atoms with Crippen molar-refractivity contribution in [2.24, 2.45) is 5.92 Å². The molecule has 0 bridgehead atoms. The minimum absolute atomic E-state index is 0.00690. The van der Waals surface area contributed by atoms with Crippen LogP contribution in [0.4, 0.5) is 10.5 Å². The van der Waals surface area contributed by atoms with Crippen molar-refractivity contribution in [1.82, 2.24) is 10.2 Å². The number of benzene rings is 1. The van der Waals surface area contributed by atoms with Crippen LogP contribution in [0.15, 0.2) is 24.3 Å². The van der Waals surface area contributed by atoms with E-state index < -0.39 is 42.5 Å². The van der Waals surface area contributed by atoms with Gasteiger partial charge in [0.25, 0.3) is 11.8 Å². The van der Waals surface area contributed by atoms with E-state index in [-0.39, 0.29) is 11.3 Å². The molecule has 0 radical (unpaired) electrons. The lowest BCUT2D eigenvalue weighted by Gasteiger charge is -2.20. The third kappa shape index (κ3) is 4.58. The summed E-state index contributed by atoms with van der Waals surface area (Å²) in [6, 6.07) is 6.81. The minimum atomic E-state index is -0.950. The fourth-order valence-electron chi connectivity index (χ4n) is 3.37. The van der Waals surface area contributed by atoms with Gasteiger partial charge in [-0.25, -0.2) is 4.79 Å². The number of esters is 1. The molecule has 156 valence electrons. The molecule has 8 nitrogen and oxygen atoms in total. The Morgan fingerprint density at radius 1 is 1.21 bits per heavy atom. The summed E-state index contributed by atoms with van der Waals surface area (Å²) in [6.45, 7) is 6.95. The SMILES string of the molecule is CC(C)(C)c1ccc(NC(=O)COC(=O)CN2C(=O)N[C@](C)(C3CC3)C2=O)cc1. The zero-order valence-electron chi connectivity index (χ0n) is 17.2. The van der Waals surface area contributed by atoms with Crippen molar-refractivity contribution in [3.8, 4) is 0 Å². The van der Waals surface area contributed by atoms with Crippen LogP contribution < -0.4 is 10.6 Å². The van der Waals surface area contributed by atoms with Gasteiger partial charge in [0.05, 0.1) is 0 Å². The second-order valence-electron chi connectivity index (χ2n) is 8.83. The summed E-state index contributed by atoms with van der Waals surface area (Å²) in [5.74, 6) is -1.63. The lowest BCUT2D eigenvalue weighted by Crippen LogP contribution is -2.46. The van der Waals surface area contributed by atoms with Crippen LogP contribution >= 0.6 is 0 Å². The van der Waals surface area contributed by atoms with E-state index in [9.17, 15) is 19.2 Å². The van der Waals surface area contributed by atoms with E-state index in [0.717, 1.165) is 23.3 Å². The number of urea groups is 1. The standard InChI is InChI=1S/C21H27N3O5/c1-20(2,3)13-7-9-15(10-8-13)22-16(25)12-29-17(26)11-24-18(27)21(4,14-5-6-14)23-19(24)28/h7-10,14H,5-6,11-12H2,1-4H3,(H,22,25)(H,23,28)/t21-/m1/s1. The molecular weight excluding hydrogens is 374 g/mol.